The molecular formula is C23H25N5O. The molecule has 2 aromatic heterocycles. The topological polar surface area (TPSA) is 72.7 Å². The average Bonchev–Trinajstić information content (AvgIpc) is 3.09. The van der Waals surface area contributed by atoms with E-state index >= 15 is 0 Å². The lowest BCUT2D eigenvalue weighted by Crippen LogP contribution is -2.34. The maximum Gasteiger partial charge on any atom is 0.261 e. The van der Waals surface area contributed by atoms with Crippen LogP contribution in [0.3, 0.4) is 0 Å². The molecule has 148 valence electrons. The highest BCUT2D eigenvalue weighted by Gasteiger charge is 2.46. The molecule has 0 radical (unpaired) electrons. The second kappa shape index (κ2) is 6.51. The van der Waals surface area contributed by atoms with E-state index in [2.05, 4.69) is 34.9 Å². The smallest absolute Gasteiger partial charge is 0.261 e. The van der Waals surface area contributed by atoms with E-state index in [0.717, 1.165) is 48.3 Å². The number of rotatable bonds is 4. The summed E-state index contributed by atoms with van der Waals surface area (Å²) in [6, 6.07) is 4.01. The van der Waals surface area contributed by atoms with Gasteiger partial charge in [-0.2, -0.15) is 0 Å². The highest BCUT2D eigenvalue weighted by Crippen LogP contribution is 2.49. The SMILES string of the molecule is C=Cc1nccnc1NC(C)c1cc(C)cc2c(=O)n3c(nc12)C1(CCC1)CC3. The van der Waals surface area contributed by atoms with E-state index in [9.17, 15) is 4.79 Å². The summed E-state index contributed by atoms with van der Waals surface area (Å²) in [4.78, 5) is 27.1. The Morgan fingerprint density at radius 3 is 2.76 bits per heavy atom. The van der Waals surface area contributed by atoms with Gasteiger partial charge < -0.3 is 5.32 Å². The number of hydrogen-bond acceptors (Lipinski definition) is 5. The van der Waals surface area contributed by atoms with Gasteiger partial charge in [0.05, 0.1) is 16.9 Å². The van der Waals surface area contributed by atoms with E-state index in [1.807, 2.05) is 17.6 Å². The third kappa shape index (κ3) is 2.69. The van der Waals surface area contributed by atoms with Crippen molar-refractivity contribution in [1.82, 2.24) is 19.5 Å². The third-order valence-corrected chi connectivity index (χ3v) is 6.57. The number of aromatic nitrogens is 4. The summed E-state index contributed by atoms with van der Waals surface area (Å²) in [5.74, 6) is 1.67. The van der Waals surface area contributed by atoms with Crippen LogP contribution >= 0.6 is 0 Å². The lowest BCUT2D eigenvalue weighted by atomic mass is 9.67. The van der Waals surface area contributed by atoms with E-state index in [1.54, 1.807) is 18.5 Å². The van der Waals surface area contributed by atoms with Crippen LogP contribution in [0.4, 0.5) is 5.82 Å². The van der Waals surface area contributed by atoms with Crippen LogP contribution in [-0.2, 0) is 12.0 Å². The predicted molar refractivity (Wildman–Crippen MR) is 115 cm³/mol. The first-order valence-electron chi connectivity index (χ1n) is 10.3. The summed E-state index contributed by atoms with van der Waals surface area (Å²) in [7, 11) is 0. The minimum atomic E-state index is -0.0820. The van der Waals surface area contributed by atoms with E-state index in [-0.39, 0.29) is 17.0 Å². The van der Waals surface area contributed by atoms with Gasteiger partial charge in [0.15, 0.2) is 5.82 Å². The standard InChI is InChI=1S/C23H25N5O/c1-4-18-20(25-10-9-24-18)26-15(3)16-12-14(2)13-17-19(16)27-22-23(6-5-7-23)8-11-28(22)21(17)29/h4,9-10,12-13,15H,1,5-8,11H2,2-3H3,(H,25,26). The normalized spacial score (nSPS) is 17.7. The van der Waals surface area contributed by atoms with Gasteiger partial charge in [-0.25, -0.2) is 9.97 Å². The monoisotopic (exact) mass is 387 g/mol. The molecule has 2 aliphatic rings. The van der Waals surface area contributed by atoms with Crippen LogP contribution in [-0.4, -0.2) is 19.5 Å². The third-order valence-electron chi connectivity index (χ3n) is 6.57. The molecule has 6 nitrogen and oxygen atoms in total. The Balaban J connectivity index is 1.66. The van der Waals surface area contributed by atoms with Crippen molar-refractivity contribution >= 4 is 22.8 Å². The van der Waals surface area contributed by atoms with Gasteiger partial charge >= 0.3 is 0 Å². The minimum absolute atomic E-state index is 0.0820. The quantitative estimate of drug-likeness (QED) is 0.728. The zero-order chi connectivity index (χ0) is 20.2. The molecular weight excluding hydrogens is 362 g/mol. The van der Waals surface area contributed by atoms with Crippen molar-refractivity contribution in [3.63, 3.8) is 0 Å². The Labute approximate surface area is 169 Å². The molecule has 0 bridgehead atoms. The number of aryl methyl sites for hydroxylation is 1. The first-order valence-corrected chi connectivity index (χ1v) is 10.3. The lowest BCUT2D eigenvalue weighted by molar-refractivity contribution is 0.238. The Morgan fingerprint density at radius 1 is 1.24 bits per heavy atom. The van der Waals surface area contributed by atoms with E-state index < -0.39 is 0 Å². The molecule has 1 aromatic carbocycles. The molecule has 1 unspecified atom stereocenters. The number of anilines is 1. The number of fused-ring (bicyclic) bond motifs is 3. The van der Waals surface area contributed by atoms with Crippen LogP contribution in [0.25, 0.3) is 17.0 Å². The fourth-order valence-electron chi connectivity index (χ4n) is 4.85. The van der Waals surface area contributed by atoms with E-state index in [4.69, 9.17) is 4.98 Å². The average molecular weight is 387 g/mol. The molecule has 0 amide bonds. The van der Waals surface area contributed by atoms with Crippen molar-refractivity contribution in [2.75, 3.05) is 5.32 Å². The van der Waals surface area contributed by atoms with Crippen molar-refractivity contribution in [1.29, 1.82) is 0 Å². The number of nitrogens with zero attached hydrogens (tertiary/aromatic N) is 4. The molecule has 5 rings (SSSR count). The highest BCUT2D eigenvalue weighted by molar-refractivity contribution is 5.83. The van der Waals surface area contributed by atoms with Crippen LogP contribution in [0.15, 0.2) is 35.9 Å². The van der Waals surface area contributed by atoms with Crippen molar-refractivity contribution in [2.45, 2.75) is 57.5 Å². The Morgan fingerprint density at radius 2 is 2.03 bits per heavy atom. The maximum absolute atomic E-state index is 13.3. The van der Waals surface area contributed by atoms with E-state index in [1.165, 1.54) is 6.42 Å². The van der Waals surface area contributed by atoms with E-state index in [0.29, 0.717) is 16.9 Å². The summed E-state index contributed by atoms with van der Waals surface area (Å²) in [5, 5.41) is 4.14. The molecule has 1 aliphatic carbocycles. The van der Waals surface area contributed by atoms with Crippen molar-refractivity contribution < 1.29 is 0 Å². The summed E-state index contributed by atoms with van der Waals surface area (Å²) in [5.41, 5.74) is 3.80. The molecule has 0 saturated heterocycles. The number of nitrogens with one attached hydrogen (secondary N) is 1. The van der Waals surface area contributed by atoms with Gasteiger partial charge in [-0.1, -0.05) is 19.1 Å². The highest BCUT2D eigenvalue weighted by atomic mass is 16.1. The van der Waals surface area contributed by atoms with Gasteiger partial charge in [-0.3, -0.25) is 14.3 Å². The molecule has 1 spiro atoms. The molecule has 1 saturated carbocycles. The zero-order valence-electron chi connectivity index (χ0n) is 16.9. The van der Waals surface area contributed by atoms with Crippen molar-refractivity contribution in [3.05, 3.63) is 64.1 Å². The Bertz CT molecular complexity index is 1190. The first kappa shape index (κ1) is 18.0. The fourth-order valence-corrected chi connectivity index (χ4v) is 4.85. The van der Waals surface area contributed by atoms with Crippen LogP contribution in [0, 0.1) is 6.92 Å². The Kier molecular flexibility index (Phi) is 4.05. The van der Waals surface area contributed by atoms with Crippen molar-refractivity contribution in [3.8, 4) is 0 Å². The minimum Gasteiger partial charge on any atom is -0.362 e. The summed E-state index contributed by atoms with van der Waals surface area (Å²) < 4.78 is 1.92. The van der Waals surface area contributed by atoms with Gasteiger partial charge in [-0.15, -0.1) is 0 Å². The molecule has 1 aliphatic heterocycles. The second-order valence-electron chi connectivity index (χ2n) is 8.39. The maximum atomic E-state index is 13.3. The van der Waals surface area contributed by atoms with Crippen LogP contribution < -0.4 is 10.9 Å². The molecule has 1 N–H and O–H groups in total. The molecule has 6 heteroatoms. The van der Waals surface area contributed by atoms with Gasteiger partial charge in [0.25, 0.3) is 5.56 Å². The second-order valence-corrected chi connectivity index (χ2v) is 8.39. The molecule has 1 atom stereocenters. The van der Waals surface area contributed by atoms with Crippen LogP contribution in [0.2, 0.25) is 0 Å². The van der Waals surface area contributed by atoms with Crippen LogP contribution in [0.1, 0.15) is 61.3 Å². The predicted octanol–water partition coefficient (Wildman–Crippen LogP) is 4.14. The van der Waals surface area contributed by atoms with Crippen LogP contribution in [0.5, 0.6) is 0 Å². The van der Waals surface area contributed by atoms with Crippen molar-refractivity contribution in [2.24, 2.45) is 0 Å². The zero-order valence-corrected chi connectivity index (χ0v) is 16.9. The lowest BCUT2D eigenvalue weighted by Gasteiger charge is -2.37. The molecule has 1 fully saturated rings. The van der Waals surface area contributed by atoms with Gasteiger partial charge in [0, 0.05) is 29.9 Å². The summed E-state index contributed by atoms with van der Waals surface area (Å²) in [6.45, 7) is 8.70. The van der Waals surface area contributed by atoms with Gasteiger partial charge in [0.1, 0.15) is 11.5 Å². The molecule has 3 aromatic rings. The van der Waals surface area contributed by atoms with Gasteiger partial charge in [-0.05, 0) is 50.8 Å². The number of hydrogen-bond donors (Lipinski definition) is 1. The Hall–Kier alpha value is -3.02. The summed E-state index contributed by atoms with van der Waals surface area (Å²) >= 11 is 0. The first-order chi connectivity index (χ1) is 14.0. The fraction of sp³-hybridized carbons (Fsp3) is 0.391. The van der Waals surface area contributed by atoms with Gasteiger partial charge in [0.2, 0.25) is 0 Å². The largest absolute Gasteiger partial charge is 0.362 e. The molecule has 3 heterocycles. The number of benzene rings is 1. The summed E-state index contributed by atoms with van der Waals surface area (Å²) in [6.07, 6.45) is 9.55. The molecule has 29 heavy (non-hydrogen) atoms.